The van der Waals surface area contributed by atoms with E-state index in [-0.39, 0.29) is 24.6 Å². The number of aliphatic hydroxyl groups is 2. The van der Waals surface area contributed by atoms with Crippen LogP contribution in [0.1, 0.15) is 104 Å². The van der Waals surface area contributed by atoms with Gasteiger partial charge in [-0.1, -0.05) is 13.8 Å². The Hall–Kier alpha value is -3.50. The first-order valence-electron chi connectivity index (χ1n) is 13.2. The Balaban J connectivity index is 2.07. The summed E-state index contributed by atoms with van der Waals surface area (Å²) in [7, 11) is 0. The first-order chi connectivity index (χ1) is 18.2. The molecule has 0 atom stereocenters. The topological polar surface area (TPSA) is 172 Å². The van der Waals surface area contributed by atoms with E-state index < -0.39 is 11.9 Å². The number of nitrogens with one attached hydrogen (secondary N) is 3. The molecule has 3 rings (SSSR count). The first-order valence-corrected chi connectivity index (χ1v) is 13.2. The fourth-order valence-electron chi connectivity index (χ4n) is 5.52. The zero-order valence-corrected chi connectivity index (χ0v) is 22.6. The van der Waals surface area contributed by atoms with Gasteiger partial charge in [0.05, 0.1) is 0 Å². The molecule has 1 amide bonds. The normalized spacial score (nSPS) is 11.3. The van der Waals surface area contributed by atoms with E-state index >= 15 is 0 Å². The van der Waals surface area contributed by atoms with Gasteiger partial charge in [0, 0.05) is 54.0 Å². The summed E-state index contributed by atoms with van der Waals surface area (Å²) in [5.41, 5.74) is 9.42. The third kappa shape index (κ3) is 5.81. The van der Waals surface area contributed by atoms with Crippen molar-refractivity contribution in [2.75, 3.05) is 13.2 Å². The molecule has 38 heavy (non-hydrogen) atoms. The molecule has 3 aromatic heterocycles. The molecule has 0 unspecified atom stereocenters. The Morgan fingerprint density at radius 3 is 1.74 bits per heavy atom. The Morgan fingerprint density at radius 1 is 0.711 bits per heavy atom. The van der Waals surface area contributed by atoms with Crippen molar-refractivity contribution in [2.45, 2.75) is 79.1 Å². The van der Waals surface area contributed by atoms with Gasteiger partial charge in [-0.25, -0.2) is 4.79 Å². The first kappa shape index (κ1) is 29.1. The summed E-state index contributed by atoms with van der Waals surface area (Å²) in [6, 6.07) is 0. The zero-order chi connectivity index (χ0) is 28.0. The van der Waals surface area contributed by atoms with Crippen molar-refractivity contribution in [1.29, 1.82) is 0 Å². The predicted octanol–water partition coefficient (Wildman–Crippen LogP) is 4.05. The average molecular weight is 527 g/mol. The second kappa shape index (κ2) is 12.8. The number of H-pyrrole nitrogens is 3. The van der Waals surface area contributed by atoms with E-state index in [1.807, 2.05) is 20.8 Å². The number of carboxylic acid groups (broad SMARTS) is 1. The maximum atomic E-state index is 12.2. The van der Waals surface area contributed by atoms with Crippen LogP contribution in [-0.2, 0) is 38.5 Å². The number of hydrogen-bond acceptors (Lipinski definition) is 5. The highest BCUT2D eigenvalue weighted by molar-refractivity contribution is 5.95. The van der Waals surface area contributed by atoms with Crippen molar-refractivity contribution in [3.8, 4) is 0 Å². The number of carbonyl (C=O) groups excluding carboxylic acids is 1. The van der Waals surface area contributed by atoms with Crippen LogP contribution in [0.3, 0.4) is 0 Å². The summed E-state index contributed by atoms with van der Waals surface area (Å²) in [5.74, 6) is -1.83. The molecular weight excluding hydrogens is 488 g/mol. The molecule has 0 aromatic carbocycles. The van der Waals surface area contributed by atoms with Crippen LogP contribution in [0, 0.1) is 18.8 Å². The fourth-order valence-corrected chi connectivity index (χ4v) is 5.52. The molecule has 0 fully saturated rings. The van der Waals surface area contributed by atoms with Crippen molar-refractivity contribution < 1.29 is 24.9 Å². The van der Waals surface area contributed by atoms with Gasteiger partial charge in [0.25, 0.3) is 0 Å². The monoisotopic (exact) mass is 526 g/mol. The quantitative estimate of drug-likeness (QED) is 0.173. The Morgan fingerprint density at radius 2 is 1.21 bits per heavy atom. The van der Waals surface area contributed by atoms with Gasteiger partial charge in [0.15, 0.2) is 0 Å². The summed E-state index contributed by atoms with van der Waals surface area (Å²) in [4.78, 5) is 44.7. The smallest absolute Gasteiger partial charge is 0.352 e. The number of carbonyl (C=O) groups is 2. The van der Waals surface area contributed by atoms with Crippen LogP contribution in [0.25, 0.3) is 0 Å². The minimum atomic E-state index is -1.02. The van der Waals surface area contributed by atoms with Gasteiger partial charge < -0.3 is 30.3 Å². The van der Waals surface area contributed by atoms with Crippen LogP contribution >= 0.6 is 0 Å². The summed E-state index contributed by atoms with van der Waals surface area (Å²) in [5, 5.41) is 31.1. The molecule has 0 aliphatic heterocycles. The van der Waals surface area contributed by atoms with Gasteiger partial charge in [-0.15, -0.1) is 4.91 Å². The van der Waals surface area contributed by atoms with Crippen LogP contribution in [0.4, 0.5) is 0 Å². The van der Waals surface area contributed by atoms with Crippen LogP contribution in [-0.4, -0.2) is 55.4 Å². The lowest BCUT2D eigenvalue weighted by Crippen LogP contribution is -2.00. The SMILES string of the molecule is CCc1c(Cc2[nH]c(Cc3[nH]c(C(=O)O)c(C)c3CCCO)c(C)c2CCCO)[nH]c(C(=O)N=O)c1CC. The summed E-state index contributed by atoms with van der Waals surface area (Å²) in [6.45, 7) is 7.81. The Labute approximate surface area is 221 Å². The molecule has 3 aromatic rings. The molecule has 6 N–H and O–H groups in total. The molecule has 0 radical (unpaired) electrons. The number of carboxylic acids is 1. The largest absolute Gasteiger partial charge is 0.477 e. The number of aromatic carboxylic acids is 1. The number of rotatable bonds is 14. The highest BCUT2D eigenvalue weighted by Gasteiger charge is 2.24. The third-order valence-corrected chi connectivity index (χ3v) is 7.44. The number of aromatic nitrogens is 3. The zero-order valence-electron chi connectivity index (χ0n) is 22.6. The highest BCUT2D eigenvalue weighted by atomic mass is 16.4. The van der Waals surface area contributed by atoms with Crippen LogP contribution in [0.2, 0.25) is 0 Å². The molecule has 206 valence electrons. The van der Waals surface area contributed by atoms with E-state index in [1.165, 1.54) is 0 Å². The molecule has 0 aliphatic carbocycles. The summed E-state index contributed by atoms with van der Waals surface area (Å²) < 4.78 is 0. The molecule has 0 aliphatic rings. The number of hydrogen-bond donors (Lipinski definition) is 6. The molecule has 10 nitrogen and oxygen atoms in total. The predicted molar refractivity (Wildman–Crippen MR) is 144 cm³/mol. The van der Waals surface area contributed by atoms with Gasteiger partial charge in [-0.3, -0.25) is 4.79 Å². The van der Waals surface area contributed by atoms with Crippen molar-refractivity contribution >= 4 is 11.9 Å². The minimum Gasteiger partial charge on any atom is -0.477 e. The van der Waals surface area contributed by atoms with E-state index in [0.29, 0.717) is 56.9 Å². The third-order valence-electron chi connectivity index (χ3n) is 7.44. The second-order valence-corrected chi connectivity index (χ2v) is 9.62. The molecule has 0 saturated carbocycles. The molecule has 10 heteroatoms. The van der Waals surface area contributed by atoms with Crippen LogP contribution in [0.15, 0.2) is 5.18 Å². The molecule has 0 saturated heterocycles. The van der Waals surface area contributed by atoms with Gasteiger partial charge in [0.1, 0.15) is 11.4 Å². The maximum Gasteiger partial charge on any atom is 0.352 e. The number of aliphatic hydroxyl groups excluding tert-OH is 2. The number of amides is 1. The second-order valence-electron chi connectivity index (χ2n) is 9.62. The van der Waals surface area contributed by atoms with Gasteiger partial charge >= 0.3 is 11.9 Å². The van der Waals surface area contributed by atoms with Crippen molar-refractivity contribution in [1.82, 2.24) is 15.0 Å². The lowest BCUT2D eigenvalue weighted by molar-refractivity contribution is 0.0690. The Kier molecular flexibility index (Phi) is 9.82. The molecule has 3 heterocycles. The Bertz CT molecular complexity index is 1310. The van der Waals surface area contributed by atoms with E-state index in [2.05, 4.69) is 20.1 Å². The summed E-state index contributed by atoms with van der Waals surface area (Å²) >= 11 is 0. The maximum absolute atomic E-state index is 12.2. The molecule has 0 bridgehead atoms. The average Bonchev–Trinajstić information content (AvgIpc) is 3.52. The standard InChI is InChI=1S/C28H38N4O6/c1-5-17-18(6-2)26(27(35)32-38)31-22(17)14-23-19(9-7-11-33)15(3)21(29-23)13-24-20(10-8-12-34)16(4)25(30-24)28(36)37/h29-31,33-34H,5-14H2,1-4H3,(H,36,37). The van der Waals surface area contributed by atoms with Gasteiger partial charge in [-0.2, -0.15) is 0 Å². The minimum absolute atomic E-state index is 0.0171. The number of nitrogens with zero attached hydrogens (tertiary/aromatic N) is 1. The van der Waals surface area contributed by atoms with E-state index in [0.717, 1.165) is 50.6 Å². The molecule has 0 spiro atoms. The lowest BCUT2D eigenvalue weighted by Gasteiger charge is -2.07. The van der Waals surface area contributed by atoms with E-state index in [4.69, 9.17) is 0 Å². The molecular formula is C28H38N4O6. The highest BCUT2D eigenvalue weighted by Crippen LogP contribution is 2.30. The summed E-state index contributed by atoms with van der Waals surface area (Å²) in [6.07, 6.45) is 4.55. The van der Waals surface area contributed by atoms with E-state index in [9.17, 15) is 29.8 Å². The van der Waals surface area contributed by atoms with Crippen molar-refractivity contribution in [3.63, 3.8) is 0 Å². The van der Waals surface area contributed by atoms with Crippen LogP contribution < -0.4 is 0 Å². The number of aromatic amines is 3. The van der Waals surface area contributed by atoms with Crippen LogP contribution in [0.5, 0.6) is 0 Å². The van der Waals surface area contributed by atoms with E-state index in [1.54, 1.807) is 6.92 Å². The lowest BCUT2D eigenvalue weighted by atomic mass is 9.97. The van der Waals surface area contributed by atoms with Crippen molar-refractivity contribution in [3.05, 3.63) is 72.5 Å². The fraction of sp³-hybridized carbons (Fsp3) is 0.500. The van der Waals surface area contributed by atoms with Crippen molar-refractivity contribution in [2.24, 2.45) is 5.18 Å². The number of nitroso groups, excluding NO2 is 1. The van der Waals surface area contributed by atoms with Gasteiger partial charge in [-0.05, 0) is 85.8 Å². The van der Waals surface area contributed by atoms with Gasteiger partial charge in [0.2, 0.25) is 0 Å².